The summed E-state index contributed by atoms with van der Waals surface area (Å²) in [4.78, 5) is 23.6. The van der Waals surface area contributed by atoms with Crippen LogP contribution in [0.4, 0.5) is 5.82 Å². The number of fused-ring (bicyclic) bond motifs is 1. The van der Waals surface area contributed by atoms with E-state index < -0.39 is 10.2 Å². The van der Waals surface area contributed by atoms with Gasteiger partial charge in [0, 0.05) is 44.4 Å². The molecule has 1 aromatic carbocycles. The molecule has 0 N–H and O–H groups in total. The van der Waals surface area contributed by atoms with Crippen LogP contribution in [0.3, 0.4) is 0 Å². The highest BCUT2D eigenvalue weighted by Gasteiger charge is 2.30. The summed E-state index contributed by atoms with van der Waals surface area (Å²) in [7, 11) is -2.07. The average Bonchev–Trinajstić information content (AvgIpc) is 2.74. The van der Waals surface area contributed by atoms with Crippen LogP contribution >= 0.6 is 0 Å². The highest BCUT2D eigenvalue weighted by atomic mass is 32.2. The van der Waals surface area contributed by atoms with E-state index in [9.17, 15) is 13.2 Å². The molecule has 8 nitrogen and oxygen atoms in total. The number of amides is 1. The molecule has 0 saturated heterocycles. The molecule has 1 aromatic heterocycles. The van der Waals surface area contributed by atoms with Crippen LogP contribution in [-0.2, 0) is 34.4 Å². The van der Waals surface area contributed by atoms with E-state index in [-0.39, 0.29) is 12.5 Å². The Morgan fingerprint density at radius 3 is 2.39 bits per heavy atom. The van der Waals surface area contributed by atoms with Gasteiger partial charge in [-0.1, -0.05) is 44.2 Å². The van der Waals surface area contributed by atoms with E-state index in [1.807, 2.05) is 51.1 Å². The zero-order valence-electron chi connectivity index (χ0n) is 18.7. The first-order valence-corrected chi connectivity index (χ1v) is 12.1. The molecule has 0 unspecified atom stereocenters. The van der Waals surface area contributed by atoms with Gasteiger partial charge >= 0.3 is 0 Å². The number of aromatic nitrogens is 2. The third-order valence-corrected chi connectivity index (χ3v) is 7.73. The highest BCUT2D eigenvalue weighted by molar-refractivity contribution is 7.86. The van der Waals surface area contributed by atoms with Gasteiger partial charge in [0.25, 0.3) is 10.2 Å². The minimum Gasteiger partial charge on any atom is -0.296 e. The number of carbonyl (C=O) groups excluding carboxylic acids is 1. The fourth-order valence-electron chi connectivity index (χ4n) is 3.85. The first kappa shape index (κ1) is 23.3. The van der Waals surface area contributed by atoms with Crippen molar-refractivity contribution in [3.63, 3.8) is 0 Å². The summed E-state index contributed by atoms with van der Waals surface area (Å²) >= 11 is 0. The monoisotopic (exact) mass is 445 g/mol. The van der Waals surface area contributed by atoms with Gasteiger partial charge in [-0.05, 0) is 25.3 Å². The number of carbonyl (C=O) groups is 1. The molecule has 0 aliphatic carbocycles. The van der Waals surface area contributed by atoms with Crippen LogP contribution in [0.2, 0.25) is 0 Å². The van der Waals surface area contributed by atoms with Crippen LogP contribution in [0.25, 0.3) is 0 Å². The van der Waals surface area contributed by atoms with Crippen molar-refractivity contribution < 1.29 is 13.2 Å². The van der Waals surface area contributed by atoms with Crippen molar-refractivity contribution in [2.75, 3.05) is 31.6 Å². The summed E-state index contributed by atoms with van der Waals surface area (Å²) in [6.45, 7) is 6.89. The van der Waals surface area contributed by atoms with Crippen LogP contribution in [0, 0.1) is 6.92 Å². The molecule has 0 spiro atoms. The molecule has 0 atom stereocenters. The van der Waals surface area contributed by atoms with E-state index in [1.54, 1.807) is 4.90 Å². The smallest absolute Gasteiger partial charge is 0.282 e. The summed E-state index contributed by atoms with van der Waals surface area (Å²) in [5.41, 5.74) is 2.91. The van der Waals surface area contributed by atoms with E-state index >= 15 is 0 Å². The second-order valence-corrected chi connectivity index (χ2v) is 9.69. The van der Waals surface area contributed by atoms with Crippen molar-refractivity contribution in [2.45, 2.75) is 46.6 Å². The molecule has 0 saturated carbocycles. The summed E-state index contributed by atoms with van der Waals surface area (Å²) in [5, 5.41) is 0. The van der Waals surface area contributed by atoms with Gasteiger partial charge in [-0.3, -0.25) is 9.69 Å². The van der Waals surface area contributed by atoms with E-state index in [0.717, 1.165) is 23.2 Å². The lowest BCUT2D eigenvalue weighted by Gasteiger charge is -2.30. The Morgan fingerprint density at radius 1 is 1.06 bits per heavy atom. The van der Waals surface area contributed by atoms with Gasteiger partial charge in [0.05, 0.1) is 6.54 Å². The zero-order valence-corrected chi connectivity index (χ0v) is 19.5. The molecule has 0 fully saturated rings. The van der Waals surface area contributed by atoms with Gasteiger partial charge in [0.1, 0.15) is 11.6 Å². The molecular weight excluding hydrogens is 414 g/mol. The molecule has 0 bridgehead atoms. The van der Waals surface area contributed by atoms with Gasteiger partial charge in [0.15, 0.2) is 0 Å². The van der Waals surface area contributed by atoms with E-state index in [0.29, 0.717) is 44.1 Å². The Bertz CT molecular complexity index is 1020. The van der Waals surface area contributed by atoms with Crippen LogP contribution in [0.1, 0.15) is 42.9 Å². The average molecular weight is 446 g/mol. The van der Waals surface area contributed by atoms with Crippen LogP contribution in [0.15, 0.2) is 30.3 Å². The maximum absolute atomic E-state index is 12.8. The molecule has 0 radical (unpaired) electrons. The molecule has 168 valence electrons. The van der Waals surface area contributed by atoms with E-state index in [2.05, 4.69) is 9.97 Å². The molecule has 1 amide bonds. The summed E-state index contributed by atoms with van der Waals surface area (Å²) in [6, 6.07) is 10.0. The summed E-state index contributed by atoms with van der Waals surface area (Å²) < 4.78 is 28.2. The van der Waals surface area contributed by atoms with Crippen LogP contribution < -0.4 is 4.90 Å². The number of anilines is 1. The number of nitrogens with zero attached hydrogens (tertiary/aromatic N) is 5. The largest absolute Gasteiger partial charge is 0.296 e. The van der Waals surface area contributed by atoms with Crippen molar-refractivity contribution in [2.24, 2.45) is 0 Å². The van der Waals surface area contributed by atoms with Crippen molar-refractivity contribution in [3.05, 3.63) is 53.0 Å². The minimum atomic E-state index is -3.60. The minimum absolute atomic E-state index is 0.0385. The standard InChI is InChI=1S/C22H31N5O3S/c1-5-26(6-2)31(29,30)25(4)16-20-23-17(3)19-12-13-21(28)27(22(19)24-20)15-14-18-10-8-7-9-11-18/h7-11H,5-6,12-16H2,1-4H3. The van der Waals surface area contributed by atoms with E-state index in [1.165, 1.54) is 15.7 Å². The van der Waals surface area contributed by atoms with Crippen molar-refractivity contribution >= 4 is 21.9 Å². The SMILES string of the molecule is CCN(CC)S(=O)(=O)N(C)Cc1nc(C)c2c(n1)N(CCc1ccccc1)C(=O)CC2. The molecule has 2 aromatic rings. The Labute approximate surface area is 185 Å². The topological polar surface area (TPSA) is 86.7 Å². The molecule has 1 aliphatic heterocycles. The molecular formula is C22H31N5O3S. The number of hydrogen-bond acceptors (Lipinski definition) is 5. The van der Waals surface area contributed by atoms with Gasteiger partial charge < -0.3 is 0 Å². The first-order chi connectivity index (χ1) is 14.8. The molecule has 1 aliphatic rings. The quantitative estimate of drug-likeness (QED) is 0.591. The lowest BCUT2D eigenvalue weighted by Crippen LogP contribution is -2.42. The first-order valence-electron chi connectivity index (χ1n) is 10.7. The Hall–Kier alpha value is -2.36. The maximum Gasteiger partial charge on any atom is 0.282 e. The van der Waals surface area contributed by atoms with Crippen LogP contribution in [-0.4, -0.2) is 59.6 Å². The van der Waals surface area contributed by atoms with Gasteiger partial charge in [0.2, 0.25) is 5.91 Å². The highest BCUT2D eigenvalue weighted by Crippen LogP contribution is 2.28. The second-order valence-electron chi connectivity index (χ2n) is 7.66. The normalized spacial score (nSPS) is 14.4. The summed E-state index contributed by atoms with van der Waals surface area (Å²) in [5.74, 6) is 1.05. The number of hydrogen-bond donors (Lipinski definition) is 0. The predicted octanol–water partition coefficient (Wildman–Crippen LogP) is 2.33. The number of rotatable bonds is 9. The Morgan fingerprint density at radius 2 is 1.74 bits per heavy atom. The van der Waals surface area contributed by atoms with Gasteiger partial charge in [-0.15, -0.1) is 0 Å². The number of benzene rings is 1. The maximum atomic E-state index is 12.8. The van der Waals surface area contributed by atoms with E-state index in [4.69, 9.17) is 0 Å². The van der Waals surface area contributed by atoms with Crippen molar-refractivity contribution in [1.29, 1.82) is 0 Å². The molecule has 2 heterocycles. The Kier molecular flexibility index (Phi) is 7.40. The molecule has 31 heavy (non-hydrogen) atoms. The fourth-order valence-corrected chi connectivity index (χ4v) is 5.18. The van der Waals surface area contributed by atoms with Gasteiger partial charge in [-0.2, -0.15) is 17.0 Å². The third kappa shape index (κ3) is 5.11. The Balaban J connectivity index is 1.86. The fraction of sp³-hybridized carbons (Fsp3) is 0.500. The predicted molar refractivity (Wildman–Crippen MR) is 121 cm³/mol. The van der Waals surface area contributed by atoms with Crippen molar-refractivity contribution in [3.8, 4) is 0 Å². The summed E-state index contributed by atoms with van der Waals surface area (Å²) in [6.07, 6.45) is 1.76. The lowest BCUT2D eigenvalue weighted by atomic mass is 10.0. The number of aryl methyl sites for hydroxylation is 1. The molecule has 3 rings (SSSR count). The second kappa shape index (κ2) is 9.84. The third-order valence-electron chi connectivity index (χ3n) is 5.64. The zero-order chi connectivity index (χ0) is 22.6. The lowest BCUT2D eigenvalue weighted by molar-refractivity contribution is -0.118. The van der Waals surface area contributed by atoms with Crippen LogP contribution in [0.5, 0.6) is 0 Å². The molecule has 9 heteroatoms. The van der Waals surface area contributed by atoms with Gasteiger partial charge in [-0.25, -0.2) is 9.97 Å². The van der Waals surface area contributed by atoms with Crippen molar-refractivity contribution in [1.82, 2.24) is 18.6 Å².